The molecule has 1 unspecified atom stereocenters. The average molecular weight is 367 g/mol. The normalized spacial score (nSPS) is 12.2. The summed E-state index contributed by atoms with van der Waals surface area (Å²) in [6, 6.07) is 9.39. The highest BCUT2D eigenvalue weighted by Gasteiger charge is 2.09. The van der Waals surface area contributed by atoms with Crippen LogP contribution >= 0.6 is 0 Å². The average Bonchev–Trinajstić information content (AvgIpc) is 2.58. The first-order valence-electron chi connectivity index (χ1n) is 8.25. The highest BCUT2D eigenvalue weighted by Crippen LogP contribution is 2.02. The molecule has 0 bridgehead atoms. The van der Waals surface area contributed by atoms with Gasteiger partial charge in [-0.15, -0.1) is 0 Å². The molecule has 0 fully saturated rings. The Bertz CT molecular complexity index is 562. The van der Waals surface area contributed by atoms with Crippen LogP contribution in [0.15, 0.2) is 35.3 Å². The van der Waals surface area contributed by atoms with Gasteiger partial charge in [0.15, 0.2) is 5.96 Å². The van der Waals surface area contributed by atoms with E-state index in [0.29, 0.717) is 19.4 Å². The number of benzene rings is 1. The minimum atomic E-state index is -1.00. The van der Waals surface area contributed by atoms with Crippen LogP contribution in [-0.2, 0) is 16.0 Å². The number of carboxylic acids is 2. The molecule has 0 aliphatic carbocycles. The summed E-state index contributed by atoms with van der Waals surface area (Å²) in [5, 5.41) is 19.8. The summed E-state index contributed by atoms with van der Waals surface area (Å²) in [5.74, 6) is -1.80. The SMILES string of the molecule is CC(Cc1ccccc1)NCC(=O)O.NC(N)=NCCC[C@H](N)C(=O)O. The van der Waals surface area contributed by atoms with Crippen molar-refractivity contribution < 1.29 is 19.8 Å². The topological polar surface area (TPSA) is 177 Å². The molecule has 0 spiro atoms. The molecule has 0 heterocycles. The third-order valence-electron chi connectivity index (χ3n) is 3.27. The van der Waals surface area contributed by atoms with E-state index in [9.17, 15) is 9.59 Å². The van der Waals surface area contributed by atoms with Gasteiger partial charge in [-0.2, -0.15) is 0 Å². The highest BCUT2D eigenvalue weighted by molar-refractivity contribution is 5.75. The van der Waals surface area contributed by atoms with Crippen molar-refractivity contribution in [3.8, 4) is 0 Å². The van der Waals surface area contributed by atoms with Crippen molar-refractivity contribution in [2.24, 2.45) is 22.2 Å². The number of nitrogens with one attached hydrogen (secondary N) is 1. The van der Waals surface area contributed by atoms with Crippen molar-refractivity contribution in [1.82, 2.24) is 5.32 Å². The fourth-order valence-electron chi connectivity index (χ4n) is 1.94. The molecular formula is C17H29N5O4. The van der Waals surface area contributed by atoms with Gasteiger partial charge in [-0.05, 0) is 31.7 Å². The van der Waals surface area contributed by atoms with Crippen LogP contribution in [0.4, 0.5) is 0 Å². The van der Waals surface area contributed by atoms with E-state index in [4.69, 9.17) is 27.4 Å². The predicted octanol–water partition coefficient (Wildman–Crippen LogP) is -0.256. The molecule has 0 saturated carbocycles. The van der Waals surface area contributed by atoms with Crippen molar-refractivity contribution in [3.05, 3.63) is 35.9 Å². The smallest absolute Gasteiger partial charge is 0.320 e. The quantitative estimate of drug-likeness (QED) is 0.186. The predicted molar refractivity (Wildman–Crippen MR) is 101 cm³/mol. The fourth-order valence-corrected chi connectivity index (χ4v) is 1.94. The van der Waals surface area contributed by atoms with Crippen LogP contribution in [-0.4, -0.2) is 53.3 Å². The van der Waals surface area contributed by atoms with Gasteiger partial charge in [-0.25, -0.2) is 0 Å². The van der Waals surface area contributed by atoms with Crippen molar-refractivity contribution in [2.75, 3.05) is 13.1 Å². The number of aliphatic carboxylic acids is 2. The summed E-state index contributed by atoms with van der Waals surface area (Å²) < 4.78 is 0. The lowest BCUT2D eigenvalue weighted by atomic mass is 10.1. The molecule has 0 aliphatic heterocycles. The molecule has 0 saturated heterocycles. The van der Waals surface area contributed by atoms with Crippen molar-refractivity contribution in [3.63, 3.8) is 0 Å². The monoisotopic (exact) mass is 367 g/mol. The van der Waals surface area contributed by atoms with E-state index in [0.717, 1.165) is 6.42 Å². The summed E-state index contributed by atoms with van der Waals surface area (Å²) in [7, 11) is 0. The number of guanidine groups is 1. The first kappa shape index (κ1) is 23.4. The zero-order chi connectivity index (χ0) is 19.9. The Morgan fingerprint density at radius 2 is 1.81 bits per heavy atom. The van der Waals surface area contributed by atoms with Gasteiger partial charge in [0.25, 0.3) is 0 Å². The van der Waals surface area contributed by atoms with Gasteiger partial charge >= 0.3 is 11.9 Å². The van der Waals surface area contributed by atoms with Gasteiger partial charge in [0.1, 0.15) is 6.04 Å². The third-order valence-corrected chi connectivity index (χ3v) is 3.27. The number of carbonyl (C=O) groups is 2. The summed E-state index contributed by atoms with van der Waals surface area (Å²) in [4.78, 5) is 24.2. The maximum Gasteiger partial charge on any atom is 0.320 e. The minimum Gasteiger partial charge on any atom is -0.480 e. The van der Waals surface area contributed by atoms with E-state index in [1.165, 1.54) is 5.56 Å². The Hall–Kier alpha value is -2.65. The minimum absolute atomic E-state index is 0.0129. The van der Waals surface area contributed by atoms with E-state index in [1.807, 2.05) is 37.3 Å². The molecule has 2 atom stereocenters. The van der Waals surface area contributed by atoms with Gasteiger partial charge in [0, 0.05) is 12.6 Å². The Morgan fingerprint density at radius 1 is 1.19 bits per heavy atom. The first-order chi connectivity index (χ1) is 12.2. The van der Waals surface area contributed by atoms with Crippen LogP contribution in [0.3, 0.4) is 0 Å². The van der Waals surface area contributed by atoms with E-state index >= 15 is 0 Å². The molecule has 0 aliphatic rings. The molecule has 26 heavy (non-hydrogen) atoms. The Morgan fingerprint density at radius 3 is 2.31 bits per heavy atom. The lowest BCUT2D eigenvalue weighted by Gasteiger charge is -2.11. The summed E-state index contributed by atoms with van der Waals surface area (Å²) in [6.45, 7) is 2.42. The number of hydrogen-bond donors (Lipinski definition) is 6. The van der Waals surface area contributed by atoms with E-state index in [-0.39, 0.29) is 18.5 Å². The number of rotatable bonds is 10. The molecule has 1 rings (SSSR count). The number of carboxylic acid groups (broad SMARTS) is 2. The Labute approximate surface area is 153 Å². The Balaban J connectivity index is 0.000000488. The number of nitrogens with two attached hydrogens (primary N) is 3. The molecule has 0 amide bonds. The van der Waals surface area contributed by atoms with Gasteiger partial charge < -0.3 is 32.7 Å². The fraction of sp³-hybridized carbons (Fsp3) is 0.471. The number of aliphatic imine (C=N–C) groups is 1. The van der Waals surface area contributed by atoms with Crippen molar-refractivity contribution in [2.45, 2.75) is 38.3 Å². The molecule has 1 aromatic carbocycles. The second kappa shape index (κ2) is 13.6. The molecule has 9 nitrogen and oxygen atoms in total. The van der Waals surface area contributed by atoms with Crippen LogP contribution in [0.25, 0.3) is 0 Å². The van der Waals surface area contributed by atoms with E-state index < -0.39 is 18.0 Å². The second-order valence-corrected chi connectivity index (χ2v) is 5.76. The van der Waals surface area contributed by atoms with Gasteiger partial charge in [0.05, 0.1) is 6.54 Å². The molecule has 9 N–H and O–H groups in total. The zero-order valence-electron chi connectivity index (χ0n) is 15.0. The standard InChI is InChI=1S/C11H15NO2.C6H14N4O2/c1-9(12-8-11(13)14)7-10-5-3-2-4-6-10;7-4(5(11)12)2-1-3-10-6(8)9/h2-6,9,12H,7-8H2,1H3,(H,13,14);4H,1-3,7H2,(H,11,12)(H4,8,9,10)/t;4-/m.0/s1. The van der Waals surface area contributed by atoms with E-state index in [1.54, 1.807) is 0 Å². The van der Waals surface area contributed by atoms with Crippen LogP contribution in [0, 0.1) is 0 Å². The lowest BCUT2D eigenvalue weighted by Crippen LogP contribution is -2.32. The lowest BCUT2D eigenvalue weighted by molar-refractivity contribution is -0.139. The van der Waals surface area contributed by atoms with Gasteiger partial charge in [0.2, 0.25) is 0 Å². The molecule has 9 heteroatoms. The van der Waals surface area contributed by atoms with Gasteiger partial charge in [-0.3, -0.25) is 14.6 Å². The summed E-state index contributed by atoms with van der Waals surface area (Å²) >= 11 is 0. The zero-order valence-corrected chi connectivity index (χ0v) is 15.0. The molecule has 0 aromatic heterocycles. The maximum absolute atomic E-state index is 10.3. The van der Waals surface area contributed by atoms with E-state index in [2.05, 4.69) is 10.3 Å². The van der Waals surface area contributed by atoms with Crippen LogP contribution in [0.2, 0.25) is 0 Å². The highest BCUT2D eigenvalue weighted by atomic mass is 16.4. The second-order valence-electron chi connectivity index (χ2n) is 5.76. The largest absolute Gasteiger partial charge is 0.480 e. The van der Waals surface area contributed by atoms with Crippen molar-refractivity contribution >= 4 is 17.9 Å². The molecule has 0 radical (unpaired) electrons. The molecular weight excluding hydrogens is 338 g/mol. The maximum atomic E-state index is 10.3. The third kappa shape index (κ3) is 13.8. The summed E-state index contributed by atoms with van der Waals surface area (Å²) in [6.07, 6.45) is 1.81. The molecule has 146 valence electrons. The van der Waals surface area contributed by atoms with Crippen LogP contribution in [0.5, 0.6) is 0 Å². The number of hydrogen-bond acceptors (Lipinski definition) is 5. The summed E-state index contributed by atoms with van der Waals surface area (Å²) in [5.41, 5.74) is 16.5. The van der Waals surface area contributed by atoms with Crippen molar-refractivity contribution in [1.29, 1.82) is 0 Å². The molecule has 1 aromatic rings. The van der Waals surface area contributed by atoms with Crippen LogP contribution < -0.4 is 22.5 Å². The number of nitrogens with zero attached hydrogens (tertiary/aromatic N) is 1. The Kier molecular flexibility index (Phi) is 12.2. The van der Waals surface area contributed by atoms with Crippen LogP contribution in [0.1, 0.15) is 25.3 Å². The first-order valence-corrected chi connectivity index (χ1v) is 8.25. The van der Waals surface area contributed by atoms with Gasteiger partial charge in [-0.1, -0.05) is 30.3 Å².